The van der Waals surface area contributed by atoms with Gasteiger partial charge < -0.3 is 5.11 Å². The van der Waals surface area contributed by atoms with Crippen LogP contribution in [0.5, 0.6) is 0 Å². The van der Waals surface area contributed by atoms with Crippen LogP contribution in [-0.2, 0) is 4.79 Å². The number of carbonyl (C=O) groups is 3. The number of likely N-dealkylation sites (tertiary alicyclic amines) is 1. The number of carbonyl (C=O) groups excluding carboxylic acids is 2. The van der Waals surface area contributed by atoms with Crippen molar-refractivity contribution in [2.24, 2.45) is 0 Å². The molecule has 0 atom stereocenters. The summed E-state index contributed by atoms with van der Waals surface area (Å²) in [4.78, 5) is 36.5. The highest BCUT2D eigenvalue weighted by molar-refractivity contribution is 6.10. The first-order chi connectivity index (χ1) is 9.11. The minimum atomic E-state index is -1.16. The summed E-state index contributed by atoms with van der Waals surface area (Å²) >= 11 is 0. The summed E-state index contributed by atoms with van der Waals surface area (Å²) in [6, 6.07) is 5.98. The van der Waals surface area contributed by atoms with Crippen LogP contribution in [-0.4, -0.2) is 34.3 Å². The maximum absolute atomic E-state index is 12.3. The van der Waals surface area contributed by atoms with Gasteiger partial charge in [-0.1, -0.05) is 18.6 Å². The van der Waals surface area contributed by atoms with Crippen molar-refractivity contribution in [2.45, 2.75) is 25.7 Å². The zero-order valence-electron chi connectivity index (χ0n) is 10.5. The fourth-order valence-electron chi connectivity index (χ4n) is 2.20. The fraction of sp³-hybridized carbons (Fsp3) is 0.357. The molecule has 1 saturated heterocycles. The van der Waals surface area contributed by atoms with Gasteiger partial charge in [0.25, 0.3) is 5.91 Å². The van der Waals surface area contributed by atoms with Crippen LogP contribution in [0.4, 0.5) is 0 Å². The number of nitrogens with zero attached hydrogens (tertiary/aromatic N) is 1. The number of carboxylic acids is 1. The maximum Gasteiger partial charge on any atom is 0.336 e. The van der Waals surface area contributed by atoms with Gasteiger partial charge in [-0.3, -0.25) is 14.5 Å². The Morgan fingerprint density at radius 1 is 1.05 bits per heavy atom. The van der Waals surface area contributed by atoms with E-state index in [4.69, 9.17) is 5.11 Å². The highest BCUT2D eigenvalue weighted by Crippen LogP contribution is 2.17. The average Bonchev–Trinajstić information content (AvgIpc) is 2.62. The zero-order valence-corrected chi connectivity index (χ0v) is 10.5. The van der Waals surface area contributed by atoms with E-state index in [1.54, 1.807) is 12.1 Å². The van der Waals surface area contributed by atoms with Gasteiger partial charge in [0.1, 0.15) is 0 Å². The van der Waals surface area contributed by atoms with Crippen LogP contribution in [0, 0.1) is 0 Å². The van der Waals surface area contributed by atoms with E-state index < -0.39 is 11.9 Å². The smallest absolute Gasteiger partial charge is 0.336 e. The lowest BCUT2D eigenvalue weighted by Gasteiger charge is -2.19. The molecule has 2 amide bonds. The number of hydrogen-bond acceptors (Lipinski definition) is 3. The van der Waals surface area contributed by atoms with Crippen molar-refractivity contribution < 1.29 is 19.5 Å². The molecule has 2 rings (SSSR count). The zero-order chi connectivity index (χ0) is 13.8. The Morgan fingerprint density at radius 3 is 2.42 bits per heavy atom. The largest absolute Gasteiger partial charge is 0.478 e. The standard InChI is InChI=1S/C14H15NO4/c16-12-8-2-1-5-9-15(12)13(17)10-6-3-4-7-11(10)14(18)19/h3-4,6-7H,1-2,5,8-9H2,(H,18,19). The third-order valence-electron chi connectivity index (χ3n) is 3.21. The molecule has 0 aromatic heterocycles. The van der Waals surface area contributed by atoms with Crippen molar-refractivity contribution in [3.8, 4) is 0 Å². The van der Waals surface area contributed by atoms with E-state index in [0.717, 1.165) is 19.3 Å². The Labute approximate surface area is 110 Å². The third kappa shape index (κ3) is 2.81. The van der Waals surface area contributed by atoms with Crippen molar-refractivity contribution in [2.75, 3.05) is 6.54 Å². The Kier molecular flexibility index (Phi) is 3.94. The molecular weight excluding hydrogens is 246 g/mol. The van der Waals surface area contributed by atoms with Crippen LogP contribution in [0.25, 0.3) is 0 Å². The lowest BCUT2D eigenvalue weighted by Crippen LogP contribution is -2.37. The molecule has 0 spiro atoms. The lowest BCUT2D eigenvalue weighted by atomic mass is 10.1. The van der Waals surface area contributed by atoms with Crippen LogP contribution >= 0.6 is 0 Å². The quantitative estimate of drug-likeness (QED) is 0.825. The van der Waals surface area contributed by atoms with Gasteiger partial charge in [-0.25, -0.2) is 4.79 Å². The molecule has 0 bridgehead atoms. The average molecular weight is 261 g/mol. The van der Waals surface area contributed by atoms with Gasteiger partial charge in [0, 0.05) is 13.0 Å². The first-order valence-corrected chi connectivity index (χ1v) is 6.28. The Balaban J connectivity index is 2.33. The highest BCUT2D eigenvalue weighted by Gasteiger charge is 2.26. The normalized spacial score (nSPS) is 16.0. The summed E-state index contributed by atoms with van der Waals surface area (Å²) in [5, 5.41) is 9.08. The number of benzene rings is 1. The number of aromatic carboxylic acids is 1. The van der Waals surface area contributed by atoms with Crippen LogP contribution in [0.1, 0.15) is 46.4 Å². The molecule has 5 heteroatoms. The number of carboxylic acid groups (broad SMARTS) is 1. The molecule has 100 valence electrons. The maximum atomic E-state index is 12.3. The molecular formula is C14H15NO4. The van der Waals surface area contributed by atoms with Gasteiger partial charge in [0.2, 0.25) is 5.91 Å². The second-order valence-electron chi connectivity index (χ2n) is 4.51. The Bertz CT molecular complexity index is 524. The van der Waals surface area contributed by atoms with E-state index in [9.17, 15) is 14.4 Å². The molecule has 1 aromatic carbocycles. The summed E-state index contributed by atoms with van der Waals surface area (Å²) in [5.41, 5.74) is 0.00907. The molecule has 1 fully saturated rings. The molecule has 0 unspecified atom stereocenters. The molecule has 1 aliphatic heterocycles. The number of hydrogen-bond donors (Lipinski definition) is 1. The first-order valence-electron chi connectivity index (χ1n) is 6.28. The molecule has 1 heterocycles. The predicted molar refractivity (Wildman–Crippen MR) is 67.9 cm³/mol. The second kappa shape index (κ2) is 5.65. The molecule has 1 aliphatic rings. The van der Waals surface area contributed by atoms with Gasteiger partial charge in [0.05, 0.1) is 11.1 Å². The minimum absolute atomic E-state index is 0.0652. The van der Waals surface area contributed by atoms with Crippen molar-refractivity contribution in [1.82, 2.24) is 4.90 Å². The molecule has 0 saturated carbocycles. The van der Waals surface area contributed by atoms with E-state index >= 15 is 0 Å². The number of rotatable bonds is 2. The molecule has 0 radical (unpaired) electrons. The topological polar surface area (TPSA) is 74.7 Å². The summed E-state index contributed by atoms with van der Waals surface area (Å²) in [6.45, 7) is 0.367. The molecule has 19 heavy (non-hydrogen) atoms. The van der Waals surface area contributed by atoms with E-state index in [-0.39, 0.29) is 17.0 Å². The van der Waals surface area contributed by atoms with E-state index in [0.29, 0.717) is 13.0 Å². The third-order valence-corrected chi connectivity index (χ3v) is 3.21. The number of imide groups is 1. The van der Waals surface area contributed by atoms with Gasteiger partial charge in [-0.15, -0.1) is 0 Å². The molecule has 0 aliphatic carbocycles. The first kappa shape index (κ1) is 13.3. The van der Waals surface area contributed by atoms with Crippen molar-refractivity contribution >= 4 is 17.8 Å². The fourth-order valence-corrected chi connectivity index (χ4v) is 2.20. The highest BCUT2D eigenvalue weighted by atomic mass is 16.4. The van der Waals surface area contributed by atoms with E-state index in [2.05, 4.69) is 0 Å². The van der Waals surface area contributed by atoms with Crippen LogP contribution in [0.3, 0.4) is 0 Å². The SMILES string of the molecule is O=C(O)c1ccccc1C(=O)N1CCCCCC1=O. The van der Waals surface area contributed by atoms with Gasteiger partial charge in [-0.05, 0) is 25.0 Å². The van der Waals surface area contributed by atoms with Gasteiger partial charge in [0.15, 0.2) is 0 Å². The Hall–Kier alpha value is -2.17. The summed E-state index contributed by atoms with van der Waals surface area (Å²) in [5.74, 6) is -1.89. The molecule has 1 N–H and O–H groups in total. The Morgan fingerprint density at radius 2 is 1.74 bits per heavy atom. The van der Waals surface area contributed by atoms with Crippen molar-refractivity contribution in [1.29, 1.82) is 0 Å². The molecule has 5 nitrogen and oxygen atoms in total. The molecule has 1 aromatic rings. The summed E-state index contributed by atoms with van der Waals surface area (Å²) in [7, 11) is 0. The van der Waals surface area contributed by atoms with Gasteiger partial charge >= 0.3 is 5.97 Å². The second-order valence-corrected chi connectivity index (χ2v) is 4.51. The monoisotopic (exact) mass is 261 g/mol. The summed E-state index contributed by atoms with van der Waals surface area (Å²) in [6.07, 6.45) is 2.81. The summed E-state index contributed by atoms with van der Waals surface area (Å²) < 4.78 is 0. The lowest BCUT2D eigenvalue weighted by molar-refractivity contribution is -0.128. The van der Waals surface area contributed by atoms with E-state index in [1.807, 2.05) is 0 Å². The number of amides is 2. The minimum Gasteiger partial charge on any atom is -0.478 e. The van der Waals surface area contributed by atoms with Gasteiger partial charge in [-0.2, -0.15) is 0 Å². The van der Waals surface area contributed by atoms with Crippen LogP contribution in [0.15, 0.2) is 24.3 Å². The van der Waals surface area contributed by atoms with E-state index in [1.165, 1.54) is 17.0 Å². The van der Waals surface area contributed by atoms with Crippen LogP contribution < -0.4 is 0 Å². The predicted octanol–water partition coefficient (Wildman–Crippen LogP) is 1.93. The van der Waals surface area contributed by atoms with Crippen LogP contribution in [0.2, 0.25) is 0 Å². The van der Waals surface area contributed by atoms with Crippen molar-refractivity contribution in [3.05, 3.63) is 35.4 Å². The van der Waals surface area contributed by atoms with Crippen molar-refractivity contribution in [3.63, 3.8) is 0 Å².